The lowest BCUT2D eigenvalue weighted by atomic mass is 10.2. The van der Waals surface area contributed by atoms with Gasteiger partial charge >= 0.3 is 12.1 Å². The number of hydrogen-bond acceptors (Lipinski definition) is 4. The van der Waals surface area contributed by atoms with Gasteiger partial charge in [-0.25, -0.2) is 17.6 Å². The van der Waals surface area contributed by atoms with Crippen molar-refractivity contribution in [2.75, 3.05) is 6.61 Å². The van der Waals surface area contributed by atoms with Crippen molar-refractivity contribution in [2.24, 2.45) is 0 Å². The summed E-state index contributed by atoms with van der Waals surface area (Å²) in [6.45, 7) is -1.94. The van der Waals surface area contributed by atoms with Crippen molar-refractivity contribution in [1.29, 1.82) is 0 Å². The fraction of sp³-hybridized carbons (Fsp3) is 0.222. The highest BCUT2D eigenvalue weighted by molar-refractivity contribution is 9.10. The first-order chi connectivity index (χ1) is 9.44. The monoisotopic (exact) mass is 395 g/mol. The fourth-order valence-corrected chi connectivity index (χ4v) is 2.69. The van der Waals surface area contributed by atoms with Gasteiger partial charge in [-0.2, -0.15) is 13.2 Å². The largest absolute Gasteiger partial charge is 0.478 e. The lowest BCUT2D eigenvalue weighted by Gasteiger charge is -2.11. The summed E-state index contributed by atoms with van der Waals surface area (Å²) in [5.74, 6) is -3.38. The average molecular weight is 396 g/mol. The predicted molar refractivity (Wildman–Crippen MR) is 63.4 cm³/mol. The van der Waals surface area contributed by atoms with Gasteiger partial charge in [-0.05, 0) is 12.1 Å². The summed E-state index contributed by atoms with van der Waals surface area (Å²) in [4.78, 5) is 14.4. The van der Waals surface area contributed by atoms with E-state index >= 15 is 0 Å². The third kappa shape index (κ3) is 4.91. The summed E-state index contributed by atoms with van der Waals surface area (Å²) in [5.41, 5.74) is -0.972. The molecule has 0 saturated carbocycles. The highest BCUT2D eigenvalue weighted by Gasteiger charge is 2.30. The van der Waals surface area contributed by atoms with E-state index in [9.17, 15) is 30.8 Å². The van der Waals surface area contributed by atoms with E-state index in [1.54, 1.807) is 0 Å². The molecule has 0 saturated heterocycles. The topological polar surface area (TPSA) is 92.7 Å². The summed E-state index contributed by atoms with van der Waals surface area (Å²) in [7, 11) is -4.83. The Bertz CT molecular complexity index is 661. The van der Waals surface area contributed by atoms with Crippen LogP contribution in [-0.2, 0) is 14.9 Å². The Morgan fingerprint density at radius 2 is 1.95 bits per heavy atom. The van der Waals surface area contributed by atoms with Gasteiger partial charge in [-0.3, -0.25) is 4.84 Å². The molecule has 118 valence electrons. The zero-order chi connectivity index (χ0) is 16.4. The van der Waals surface area contributed by atoms with Gasteiger partial charge in [-0.1, -0.05) is 20.8 Å². The van der Waals surface area contributed by atoms with Crippen LogP contribution < -0.4 is 4.89 Å². The third-order valence-corrected chi connectivity index (χ3v) is 3.60. The van der Waals surface area contributed by atoms with Crippen LogP contribution in [0, 0.1) is 5.82 Å². The molecule has 0 fully saturated rings. The zero-order valence-electron chi connectivity index (χ0n) is 9.74. The molecule has 0 aliphatic carbocycles. The van der Waals surface area contributed by atoms with E-state index in [1.807, 2.05) is 0 Å². The van der Waals surface area contributed by atoms with Crippen LogP contribution in [0.5, 0.6) is 0 Å². The molecule has 0 heterocycles. The Kier molecular flexibility index (Phi) is 5.30. The molecule has 6 nitrogen and oxygen atoms in total. The number of carbonyl (C=O) groups is 1. The predicted octanol–water partition coefficient (Wildman–Crippen LogP) is 2.06. The lowest BCUT2D eigenvalue weighted by molar-refractivity contribution is -0.181. The van der Waals surface area contributed by atoms with Crippen LogP contribution in [0.2, 0.25) is 0 Å². The Hall–Kier alpha value is -1.24. The molecule has 1 aromatic carbocycles. The van der Waals surface area contributed by atoms with Crippen molar-refractivity contribution >= 4 is 31.9 Å². The number of carboxylic acid groups (broad SMARTS) is 1. The molecule has 0 amide bonds. The van der Waals surface area contributed by atoms with Crippen LogP contribution in [0.25, 0.3) is 0 Å². The maximum atomic E-state index is 13.8. The van der Waals surface area contributed by atoms with Gasteiger partial charge in [-0.15, -0.1) is 0 Å². The van der Waals surface area contributed by atoms with Crippen molar-refractivity contribution in [1.82, 2.24) is 4.89 Å². The van der Waals surface area contributed by atoms with E-state index in [4.69, 9.17) is 5.11 Å². The minimum absolute atomic E-state index is 0.0995. The number of nitrogens with one attached hydrogen (secondary N) is 1. The van der Waals surface area contributed by atoms with Crippen LogP contribution in [0.4, 0.5) is 17.6 Å². The summed E-state index contributed by atoms with van der Waals surface area (Å²) < 4.78 is 72.4. The lowest BCUT2D eigenvalue weighted by Crippen LogP contribution is -2.30. The zero-order valence-corrected chi connectivity index (χ0v) is 12.1. The Labute approximate surface area is 123 Å². The van der Waals surface area contributed by atoms with Crippen LogP contribution in [0.3, 0.4) is 0 Å². The maximum absolute atomic E-state index is 13.8. The highest BCUT2D eigenvalue weighted by Crippen LogP contribution is 2.24. The van der Waals surface area contributed by atoms with E-state index < -0.39 is 45.1 Å². The fourth-order valence-electron chi connectivity index (χ4n) is 1.15. The number of alkyl halides is 3. The van der Waals surface area contributed by atoms with E-state index in [0.29, 0.717) is 6.07 Å². The molecule has 0 radical (unpaired) electrons. The molecule has 2 N–H and O–H groups in total. The number of rotatable bonds is 5. The second kappa shape index (κ2) is 6.25. The summed E-state index contributed by atoms with van der Waals surface area (Å²) in [5, 5.41) is 8.71. The van der Waals surface area contributed by atoms with Crippen LogP contribution >= 0.6 is 15.9 Å². The van der Waals surface area contributed by atoms with Gasteiger partial charge in [0.15, 0.2) is 12.4 Å². The first kappa shape index (κ1) is 17.8. The summed E-state index contributed by atoms with van der Waals surface area (Å²) in [6, 6.07) is 1.48. The minimum atomic E-state index is -4.83. The molecule has 0 unspecified atom stereocenters. The normalized spacial score (nSPS) is 12.4. The Balaban J connectivity index is 3.12. The van der Waals surface area contributed by atoms with Gasteiger partial charge in [0.1, 0.15) is 4.90 Å². The third-order valence-electron chi connectivity index (χ3n) is 1.93. The molecule has 0 bridgehead atoms. The summed E-state index contributed by atoms with van der Waals surface area (Å²) in [6.07, 6.45) is -4.80. The van der Waals surface area contributed by atoms with Gasteiger partial charge in [0.2, 0.25) is 0 Å². The number of carboxylic acids is 1. The quantitative estimate of drug-likeness (QED) is 0.587. The standard InChI is InChI=1S/C9H6BrF4NO5S/c10-4-1-5(8(16)17)7(11)6(2-4)21(18,19)15-20-3-9(12,13)14/h1-2,15H,3H2,(H,16,17). The highest BCUT2D eigenvalue weighted by atomic mass is 79.9. The van der Waals surface area contributed by atoms with E-state index in [0.717, 1.165) is 11.0 Å². The molecule has 0 aromatic heterocycles. The van der Waals surface area contributed by atoms with Crippen LogP contribution in [0.1, 0.15) is 10.4 Å². The first-order valence-electron chi connectivity index (χ1n) is 4.87. The molecule has 0 spiro atoms. The van der Waals surface area contributed by atoms with Gasteiger partial charge in [0.25, 0.3) is 10.0 Å². The molecule has 0 aliphatic heterocycles. The van der Waals surface area contributed by atoms with Crippen LogP contribution in [-0.4, -0.2) is 32.3 Å². The molecule has 1 rings (SSSR count). The van der Waals surface area contributed by atoms with Gasteiger partial charge in [0, 0.05) is 4.47 Å². The molecule has 12 heteroatoms. The SMILES string of the molecule is O=C(O)c1cc(Br)cc(S(=O)(=O)NOCC(F)(F)F)c1F. The van der Waals surface area contributed by atoms with Crippen molar-refractivity contribution in [3.05, 3.63) is 28.0 Å². The molecule has 1 aromatic rings. The smallest absolute Gasteiger partial charge is 0.413 e. The van der Waals surface area contributed by atoms with Crippen LogP contribution in [0.15, 0.2) is 21.5 Å². The van der Waals surface area contributed by atoms with Crippen molar-refractivity contribution in [3.63, 3.8) is 0 Å². The molecular weight excluding hydrogens is 390 g/mol. The second-order valence-electron chi connectivity index (χ2n) is 3.56. The number of benzene rings is 1. The second-order valence-corrected chi connectivity index (χ2v) is 6.09. The average Bonchev–Trinajstić information content (AvgIpc) is 2.29. The number of halogens is 5. The van der Waals surface area contributed by atoms with Gasteiger partial charge in [0.05, 0.1) is 5.56 Å². The minimum Gasteiger partial charge on any atom is -0.478 e. The molecular formula is C9H6BrF4NO5S. The molecule has 0 atom stereocenters. The molecule has 21 heavy (non-hydrogen) atoms. The Morgan fingerprint density at radius 1 is 1.38 bits per heavy atom. The maximum Gasteiger partial charge on any atom is 0.413 e. The Morgan fingerprint density at radius 3 is 2.43 bits per heavy atom. The van der Waals surface area contributed by atoms with Gasteiger partial charge < -0.3 is 5.11 Å². The van der Waals surface area contributed by atoms with Crippen molar-refractivity contribution < 1.29 is 40.7 Å². The van der Waals surface area contributed by atoms with E-state index in [1.165, 1.54) is 0 Å². The number of aromatic carboxylic acids is 1. The summed E-state index contributed by atoms with van der Waals surface area (Å²) >= 11 is 2.76. The number of sulfonamides is 1. The molecule has 0 aliphatic rings. The van der Waals surface area contributed by atoms with E-state index in [-0.39, 0.29) is 4.47 Å². The van der Waals surface area contributed by atoms with Crippen molar-refractivity contribution in [2.45, 2.75) is 11.1 Å². The van der Waals surface area contributed by atoms with E-state index in [2.05, 4.69) is 20.8 Å². The van der Waals surface area contributed by atoms with Crippen molar-refractivity contribution in [3.8, 4) is 0 Å². The number of hydrogen-bond donors (Lipinski definition) is 2. The first-order valence-corrected chi connectivity index (χ1v) is 7.14.